The van der Waals surface area contributed by atoms with E-state index in [2.05, 4.69) is 4.99 Å². The number of aliphatic imine (C=N–C) groups is 1. The number of primary amides is 1. The number of hydrogen-bond acceptors (Lipinski definition) is 2. The van der Waals surface area contributed by atoms with E-state index in [1.54, 1.807) is 13.8 Å². The van der Waals surface area contributed by atoms with Crippen molar-refractivity contribution < 1.29 is 4.79 Å². The molecule has 4 N–H and O–H groups in total. The van der Waals surface area contributed by atoms with Crippen LogP contribution in [0.2, 0.25) is 0 Å². The van der Waals surface area contributed by atoms with Gasteiger partial charge in [-0.05, 0) is 26.7 Å². The van der Waals surface area contributed by atoms with Crippen molar-refractivity contribution in [2.24, 2.45) is 27.8 Å². The first-order valence-electron chi connectivity index (χ1n) is 6.03. The Labute approximate surface area is 97.5 Å². The molecule has 92 valence electrons. The predicted molar refractivity (Wildman–Crippen MR) is 66.0 cm³/mol. The van der Waals surface area contributed by atoms with Crippen LogP contribution >= 0.6 is 0 Å². The lowest BCUT2D eigenvalue weighted by atomic mass is 9.88. The monoisotopic (exact) mass is 225 g/mol. The van der Waals surface area contributed by atoms with Gasteiger partial charge in [-0.15, -0.1) is 0 Å². The number of amides is 1. The molecular formula is C12H23N3O. The van der Waals surface area contributed by atoms with Crippen molar-refractivity contribution in [3.05, 3.63) is 0 Å². The third-order valence-corrected chi connectivity index (χ3v) is 3.35. The Kier molecular flexibility index (Phi) is 4.33. The van der Waals surface area contributed by atoms with E-state index in [0.717, 1.165) is 12.8 Å². The van der Waals surface area contributed by atoms with E-state index in [9.17, 15) is 4.79 Å². The Morgan fingerprint density at radius 1 is 1.25 bits per heavy atom. The molecule has 1 fully saturated rings. The molecule has 1 aliphatic carbocycles. The summed E-state index contributed by atoms with van der Waals surface area (Å²) in [6, 6.07) is 0. The summed E-state index contributed by atoms with van der Waals surface area (Å²) in [5.74, 6) is 0.791. The van der Waals surface area contributed by atoms with E-state index in [0.29, 0.717) is 18.3 Å². The molecule has 0 heterocycles. The third-order valence-electron chi connectivity index (χ3n) is 3.35. The van der Waals surface area contributed by atoms with Gasteiger partial charge in [0.25, 0.3) is 0 Å². The van der Waals surface area contributed by atoms with E-state index in [1.807, 2.05) is 0 Å². The van der Waals surface area contributed by atoms with Gasteiger partial charge in [0.2, 0.25) is 5.91 Å². The highest BCUT2D eigenvalue weighted by atomic mass is 16.1. The average molecular weight is 225 g/mol. The minimum atomic E-state index is -0.598. The summed E-state index contributed by atoms with van der Waals surface area (Å²) < 4.78 is 0. The number of nitrogens with zero attached hydrogens (tertiary/aromatic N) is 1. The highest BCUT2D eigenvalue weighted by Crippen LogP contribution is 2.24. The van der Waals surface area contributed by atoms with Gasteiger partial charge in [-0.25, -0.2) is 0 Å². The molecule has 0 unspecified atom stereocenters. The highest BCUT2D eigenvalue weighted by Gasteiger charge is 2.25. The minimum absolute atomic E-state index is 0.326. The van der Waals surface area contributed by atoms with Gasteiger partial charge in [-0.1, -0.05) is 19.3 Å². The van der Waals surface area contributed by atoms with E-state index < -0.39 is 5.41 Å². The molecule has 0 aromatic carbocycles. The molecule has 16 heavy (non-hydrogen) atoms. The second-order valence-electron chi connectivity index (χ2n) is 5.32. The lowest BCUT2D eigenvalue weighted by Crippen LogP contribution is -2.35. The van der Waals surface area contributed by atoms with Crippen LogP contribution in [0.4, 0.5) is 0 Å². The third kappa shape index (κ3) is 3.51. The van der Waals surface area contributed by atoms with Crippen molar-refractivity contribution in [2.45, 2.75) is 46.0 Å². The average Bonchev–Trinajstić information content (AvgIpc) is 2.27. The number of amidine groups is 1. The second kappa shape index (κ2) is 5.32. The zero-order chi connectivity index (χ0) is 12.2. The van der Waals surface area contributed by atoms with Crippen LogP contribution in [0, 0.1) is 11.3 Å². The van der Waals surface area contributed by atoms with Crippen molar-refractivity contribution in [1.29, 1.82) is 0 Å². The van der Waals surface area contributed by atoms with Crippen LogP contribution in [-0.2, 0) is 4.79 Å². The molecule has 0 radical (unpaired) electrons. The number of nitrogens with two attached hydrogens (primary N) is 2. The fourth-order valence-corrected chi connectivity index (χ4v) is 1.89. The molecule has 1 rings (SSSR count). The SMILES string of the molecule is CC(C)(CN=C(N)C1CCCCC1)C(N)=O. The molecule has 0 spiro atoms. The van der Waals surface area contributed by atoms with E-state index in [1.165, 1.54) is 19.3 Å². The summed E-state index contributed by atoms with van der Waals surface area (Å²) in [4.78, 5) is 15.5. The van der Waals surface area contributed by atoms with Crippen molar-refractivity contribution in [1.82, 2.24) is 0 Å². The van der Waals surface area contributed by atoms with Crippen LogP contribution in [-0.4, -0.2) is 18.3 Å². The van der Waals surface area contributed by atoms with Gasteiger partial charge in [-0.3, -0.25) is 9.79 Å². The van der Waals surface area contributed by atoms with Crippen molar-refractivity contribution in [3.8, 4) is 0 Å². The molecule has 4 heteroatoms. The number of rotatable bonds is 4. The van der Waals surface area contributed by atoms with E-state index in [-0.39, 0.29) is 5.91 Å². The van der Waals surface area contributed by atoms with Crippen LogP contribution in [0.25, 0.3) is 0 Å². The van der Waals surface area contributed by atoms with Gasteiger partial charge in [0.1, 0.15) is 0 Å². The molecule has 1 amide bonds. The maximum absolute atomic E-state index is 11.1. The molecule has 1 aliphatic rings. The molecule has 4 nitrogen and oxygen atoms in total. The molecular weight excluding hydrogens is 202 g/mol. The van der Waals surface area contributed by atoms with Crippen molar-refractivity contribution in [2.75, 3.05) is 6.54 Å². The van der Waals surface area contributed by atoms with Gasteiger partial charge < -0.3 is 11.5 Å². The van der Waals surface area contributed by atoms with Gasteiger partial charge >= 0.3 is 0 Å². The van der Waals surface area contributed by atoms with Crippen LogP contribution in [0.5, 0.6) is 0 Å². The molecule has 1 saturated carbocycles. The number of carbonyl (C=O) groups excluding carboxylic acids is 1. The van der Waals surface area contributed by atoms with Crippen molar-refractivity contribution in [3.63, 3.8) is 0 Å². The standard InChI is InChI=1S/C12H23N3O/c1-12(2,11(14)16)8-15-10(13)9-6-4-3-5-7-9/h9H,3-8H2,1-2H3,(H2,13,15)(H2,14,16). The van der Waals surface area contributed by atoms with E-state index >= 15 is 0 Å². The Morgan fingerprint density at radius 3 is 2.31 bits per heavy atom. The number of carbonyl (C=O) groups is 1. The molecule has 0 aromatic rings. The zero-order valence-electron chi connectivity index (χ0n) is 10.3. The van der Waals surface area contributed by atoms with Gasteiger partial charge in [0.15, 0.2) is 0 Å². The van der Waals surface area contributed by atoms with E-state index in [4.69, 9.17) is 11.5 Å². The first-order valence-corrected chi connectivity index (χ1v) is 6.03. The maximum Gasteiger partial charge on any atom is 0.224 e. The summed E-state index contributed by atoms with van der Waals surface area (Å²) in [6.45, 7) is 3.99. The first kappa shape index (κ1) is 13.0. The predicted octanol–water partition coefficient (Wildman–Crippen LogP) is 1.44. The Hall–Kier alpha value is -1.06. The summed E-state index contributed by atoms with van der Waals surface area (Å²) in [6.07, 6.45) is 6.04. The molecule has 0 bridgehead atoms. The normalized spacial score (nSPS) is 19.8. The second-order valence-corrected chi connectivity index (χ2v) is 5.32. The Balaban J connectivity index is 2.52. The molecule has 0 aliphatic heterocycles. The minimum Gasteiger partial charge on any atom is -0.387 e. The van der Waals surface area contributed by atoms with Crippen LogP contribution in [0.1, 0.15) is 46.0 Å². The van der Waals surface area contributed by atoms with Crippen LogP contribution in [0.15, 0.2) is 4.99 Å². The van der Waals surface area contributed by atoms with Gasteiger partial charge in [0.05, 0.1) is 17.8 Å². The molecule has 0 aromatic heterocycles. The summed E-state index contributed by atoms with van der Waals surface area (Å²) in [5, 5.41) is 0. The summed E-state index contributed by atoms with van der Waals surface area (Å²) in [5.41, 5.74) is 10.6. The van der Waals surface area contributed by atoms with Crippen LogP contribution in [0.3, 0.4) is 0 Å². The fraction of sp³-hybridized carbons (Fsp3) is 0.833. The topological polar surface area (TPSA) is 81.5 Å². The summed E-state index contributed by atoms with van der Waals surface area (Å²) in [7, 11) is 0. The fourth-order valence-electron chi connectivity index (χ4n) is 1.89. The number of hydrogen-bond donors (Lipinski definition) is 2. The van der Waals surface area contributed by atoms with Gasteiger partial charge in [-0.2, -0.15) is 0 Å². The summed E-state index contributed by atoms with van der Waals surface area (Å²) >= 11 is 0. The molecule has 0 saturated heterocycles. The highest BCUT2D eigenvalue weighted by molar-refractivity contribution is 5.84. The lowest BCUT2D eigenvalue weighted by Gasteiger charge is -2.23. The smallest absolute Gasteiger partial charge is 0.224 e. The van der Waals surface area contributed by atoms with Crippen molar-refractivity contribution >= 4 is 11.7 Å². The molecule has 0 atom stereocenters. The van der Waals surface area contributed by atoms with Crippen LogP contribution < -0.4 is 11.5 Å². The maximum atomic E-state index is 11.1. The Bertz CT molecular complexity index is 278. The first-order chi connectivity index (χ1) is 7.43. The zero-order valence-corrected chi connectivity index (χ0v) is 10.3. The van der Waals surface area contributed by atoms with Gasteiger partial charge in [0, 0.05) is 5.92 Å². The quantitative estimate of drug-likeness (QED) is 0.560. The lowest BCUT2D eigenvalue weighted by molar-refractivity contribution is -0.125. The Morgan fingerprint density at radius 2 is 1.81 bits per heavy atom. The largest absolute Gasteiger partial charge is 0.387 e.